The van der Waals surface area contributed by atoms with Crippen LogP contribution in [0.25, 0.3) is 11.3 Å². The third kappa shape index (κ3) is 3.10. The van der Waals surface area contributed by atoms with Crippen molar-refractivity contribution in [1.29, 1.82) is 0 Å². The third-order valence-electron chi connectivity index (χ3n) is 6.56. The molecule has 1 amide bonds. The van der Waals surface area contributed by atoms with Gasteiger partial charge in [0.15, 0.2) is 5.82 Å². The highest BCUT2D eigenvalue weighted by Crippen LogP contribution is 2.39. The van der Waals surface area contributed by atoms with Gasteiger partial charge in [0, 0.05) is 49.4 Å². The summed E-state index contributed by atoms with van der Waals surface area (Å²) in [5.74, 6) is -0.217. The van der Waals surface area contributed by atoms with Gasteiger partial charge in [0.05, 0.1) is 5.69 Å². The zero-order valence-corrected chi connectivity index (χ0v) is 17.4. The van der Waals surface area contributed by atoms with Crippen molar-refractivity contribution in [3.05, 3.63) is 30.2 Å². The van der Waals surface area contributed by atoms with Crippen LogP contribution in [0.15, 0.2) is 29.3 Å². The molecule has 1 spiro atoms. The Labute approximate surface area is 174 Å². The molecule has 2 aliphatic heterocycles. The number of carbonyl (C=O) groups excluding carboxylic acids is 1. The molecular formula is C20H25N5O4S. The summed E-state index contributed by atoms with van der Waals surface area (Å²) >= 11 is 0. The van der Waals surface area contributed by atoms with Crippen LogP contribution in [0.2, 0.25) is 0 Å². The van der Waals surface area contributed by atoms with E-state index in [1.54, 1.807) is 12.3 Å². The highest BCUT2D eigenvalue weighted by atomic mass is 32.2. The molecule has 30 heavy (non-hydrogen) atoms. The average molecular weight is 432 g/mol. The van der Waals surface area contributed by atoms with Crippen molar-refractivity contribution in [2.45, 2.75) is 36.6 Å². The van der Waals surface area contributed by atoms with Crippen LogP contribution in [-0.2, 0) is 10.0 Å². The summed E-state index contributed by atoms with van der Waals surface area (Å²) in [5, 5.41) is 19.0. The minimum Gasteiger partial charge on any atom is -0.506 e. The number of primary sulfonamides is 1. The maximum Gasteiger partial charge on any atom is 0.289 e. The van der Waals surface area contributed by atoms with Gasteiger partial charge in [-0.15, -0.1) is 0 Å². The van der Waals surface area contributed by atoms with Crippen LogP contribution < -0.4 is 10.5 Å². The molecule has 2 aromatic rings. The highest BCUT2D eigenvalue weighted by Gasteiger charge is 2.50. The normalized spacial score (nSPS) is 20.9. The SMILES string of the molecule is NS(=O)(=O)c1cccc(-c2cn(C3CCCC3)c(C(=O)N3CC4(CNC4)C3)n2)c1O. The average Bonchev–Trinajstić information content (AvgIpc) is 3.28. The predicted molar refractivity (Wildman–Crippen MR) is 109 cm³/mol. The number of imidazole rings is 1. The second kappa shape index (κ2) is 6.79. The van der Waals surface area contributed by atoms with Crippen molar-refractivity contribution >= 4 is 15.9 Å². The number of benzene rings is 1. The Bertz CT molecular complexity index is 1110. The lowest BCUT2D eigenvalue weighted by Crippen LogP contribution is -2.72. The zero-order valence-electron chi connectivity index (χ0n) is 16.5. The van der Waals surface area contributed by atoms with Crippen molar-refractivity contribution in [3.63, 3.8) is 0 Å². The van der Waals surface area contributed by atoms with Gasteiger partial charge in [0.25, 0.3) is 5.91 Å². The van der Waals surface area contributed by atoms with Crippen molar-refractivity contribution in [1.82, 2.24) is 19.8 Å². The van der Waals surface area contributed by atoms with Gasteiger partial charge in [0.2, 0.25) is 10.0 Å². The first-order valence-corrected chi connectivity index (χ1v) is 11.8. The van der Waals surface area contributed by atoms with E-state index in [-0.39, 0.29) is 27.8 Å². The number of phenols is 1. The number of sulfonamides is 1. The van der Waals surface area contributed by atoms with Crippen LogP contribution in [-0.4, -0.2) is 60.1 Å². The molecule has 0 bridgehead atoms. The van der Waals surface area contributed by atoms with E-state index in [4.69, 9.17) is 5.14 Å². The fourth-order valence-electron chi connectivity index (χ4n) is 4.85. The van der Waals surface area contributed by atoms with Crippen LogP contribution in [0.3, 0.4) is 0 Å². The van der Waals surface area contributed by atoms with Crippen molar-refractivity contribution in [2.24, 2.45) is 10.6 Å². The number of likely N-dealkylation sites (tertiary alicyclic amines) is 1. The lowest BCUT2D eigenvalue weighted by Gasteiger charge is -2.55. The molecule has 0 radical (unpaired) electrons. The summed E-state index contributed by atoms with van der Waals surface area (Å²) in [5.41, 5.74) is 0.829. The van der Waals surface area contributed by atoms with Gasteiger partial charge in [-0.2, -0.15) is 0 Å². The molecule has 0 atom stereocenters. The Morgan fingerprint density at radius 1 is 1.23 bits per heavy atom. The number of para-hydroxylation sites is 1. The molecule has 0 unspecified atom stereocenters. The van der Waals surface area contributed by atoms with Crippen molar-refractivity contribution in [3.8, 4) is 17.0 Å². The number of aromatic nitrogens is 2. The first-order chi connectivity index (χ1) is 14.3. The number of carbonyl (C=O) groups is 1. The zero-order chi connectivity index (χ0) is 21.1. The predicted octanol–water partition coefficient (Wildman–Crippen LogP) is 1.06. The molecule has 10 heteroatoms. The van der Waals surface area contributed by atoms with Crippen LogP contribution in [0.1, 0.15) is 42.3 Å². The van der Waals surface area contributed by atoms with Gasteiger partial charge >= 0.3 is 0 Å². The summed E-state index contributed by atoms with van der Waals surface area (Å²) < 4.78 is 25.5. The molecule has 1 aromatic heterocycles. The molecule has 1 saturated carbocycles. The largest absolute Gasteiger partial charge is 0.506 e. The number of nitrogens with zero attached hydrogens (tertiary/aromatic N) is 3. The monoisotopic (exact) mass is 431 g/mol. The minimum atomic E-state index is -4.08. The number of aromatic hydroxyl groups is 1. The first kappa shape index (κ1) is 19.5. The number of nitrogens with one attached hydrogen (secondary N) is 1. The van der Waals surface area contributed by atoms with E-state index in [9.17, 15) is 18.3 Å². The van der Waals surface area contributed by atoms with Crippen LogP contribution in [0.4, 0.5) is 0 Å². The summed E-state index contributed by atoms with van der Waals surface area (Å²) in [6.07, 6.45) is 5.87. The Morgan fingerprint density at radius 2 is 1.93 bits per heavy atom. The highest BCUT2D eigenvalue weighted by molar-refractivity contribution is 7.89. The number of amides is 1. The maximum atomic E-state index is 13.2. The van der Waals surface area contributed by atoms with E-state index in [2.05, 4.69) is 10.3 Å². The summed E-state index contributed by atoms with van der Waals surface area (Å²) in [7, 11) is -4.08. The van der Waals surface area contributed by atoms with E-state index in [0.29, 0.717) is 11.5 Å². The molecule has 160 valence electrons. The smallest absolute Gasteiger partial charge is 0.289 e. The van der Waals surface area contributed by atoms with E-state index < -0.39 is 15.8 Å². The third-order valence-corrected chi connectivity index (χ3v) is 7.51. The van der Waals surface area contributed by atoms with Crippen LogP contribution >= 0.6 is 0 Å². The fraction of sp³-hybridized carbons (Fsp3) is 0.500. The lowest BCUT2D eigenvalue weighted by atomic mass is 9.74. The van der Waals surface area contributed by atoms with Gasteiger partial charge in [-0.05, 0) is 25.0 Å². The Hall–Kier alpha value is -2.43. The summed E-state index contributed by atoms with van der Waals surface area (Å²) in [6, 6.07) is 4.51. The number of rotatable bonds is 4. The van der Waals surface area contributed by atoms with Gasteiger partial charge < -0.3 is 19.9 Å². The molecule has 2 saturated heterocycles. The van der Waals surface area contributed by atoms with E-state index in [0.717, 1.165) is 51.9 Å². The first-order valence-electron chi connectivity index (χ1n) is 10.2. The molecule has 3 fully saturated rings. The topological polar surface area (TPSA) is 131 Å². The standard InChI is InChI=1S/C20H25N5O4S/c21-30(28,29)16-7-3-6-14(17(16)26)15-8-25(13-4-1-2-5-13)18(23-15)19(27)24-11-20(12-24)9-22-10-20/h3,6-8,13,22,26H,1-2,4-5,9-12H2,(H2,21,28,29). The number of hydrogen-bond donors (Lipinski definition) is 3. The van der Waals surface area contributed by atoms with Crippen LogP contribution in [0.5, 0.6) is 5.75 Å². The number of phenolic OH excluding ortho intramolecular Hbond substituents is 1. The number of hydrogen-bond acceptors (Lipinski definition) is 6. The lowest BCUT2D eigenvalue weighted by molar-refractivity contribution is -0.0258. The van der Waals surface area contributed by atoms with E-state index >= 15 is 0 Å². The fourth-order valence-corrected chi connectivity index (χ4v) is 5.50. The molecule has 3 aliphatic rings. The van der Waals surface area contributed by atoms with E-state index in [1.165, 1.54) is 12.1 Å². The molecular weight excluding hydrogens is 406 g/mol. The summed E-state index contributed by atoms with van der Waals surface area (Å²) in [6.45, 7) is 3.32. The Morgan fingerprint density at radius 3 is 2.53 bits per heavy atom. The second-order valence-electron chi connectivity index (χ2n) is 8.76. The van der Waals surface area contributed by atoms with Crippen molar-refractivity contribution < 1.29 is 18.3 Å². The van der Waals surface area contributed by atoms with Gasteiger partial charge in [-0.1, -0.05) is 18.9 Å². The second-order valence-corrected chi connectivity index (χ2v) is 10.3. The Balaban J connectivity index is 1.53. The molecule has 1 aromatic carbocycles. The Kier molecular flexibility index (Phi) is 4.42. The van der Waals surface area contributed by atoms with Crippen molar-refractivity contribution in [2.75, 3.05) is 26.2 Å². The van der Waals surface area contributed by atoms with Gasteiger partial charge in [0.1, 0.15) is 10.6 Å². The summed E-state index contributed by atoms with van der Waals surface area (Å²) in [4.78, 5) is 19.3. The van der Waals surface area contributed by atoms with Gasteiger partial charge in [-0.3, -0.25) is 4.79 Å². The molecule has 1 aliphatic carbocycles. The van der Waals surface area contributed by atoms with Gasteiger partial charge in [-0.25, -0.2) is 18.5 Å². The maximum absolute atomic E-state index is 13.2. The molecule has 9 nitrogen and oxygen atoms in total. The minimum absolute atomic E-state index is 0.118. The van der Waals surface area contributed by atoms with Crippen LogP contribution in [0, 0.1) is 5.41 Å². The molecule has 5 rings (SSSR count). The molecule has 4 N–H and O–H groups in total. The van der Waals surface area contributed by atoms with E-state index in [1.807, 2.05) is 9.47 Å². The number of nitrogens with two attached hydrogens (primary N) is 1. The quantitative estimate of drug-likeness (QED) is 0.664. The molecule has 3 heterocycles.